The second-order valence-electron chi connectivity index (χ2n) is 5.39. The van der Waals surface area contributed by atoms with E-state index in [-0.39, 0.29) is 0 Å². The molecule has 0 heterocycles. The topological polar surface area (TPSA) is 44.8 Å². The predicted octanol–water partition coefficient (Wildman–Crippen LogP) is 6.09. The van der Waals surface area contributed by atoms with Crippen LogP contribution < -0.4 is 0 Å². The Kier molecular flexibility index (Phi) is 7.15. The van der Waals surface area contributed by atoms with E-state index in [4.69, 9.17) is 13.6 Å². The summed E-state index contributed by atoms with van der Waals surface area (Å²) >= 11 is 0. The van der Waals surface area contributed by atoms with Gasteiger partial charge in [-0.2, -0.15) is 4.57 Å². The van der Waals surface area contributed by atoms with Gasteiger partial charge in [0.1, 0.15) is 17.3 Å². The van der Waals surface area contributed by atoms with Crippen LogP contribution in [0.5, 0.6) is 0 Å². The van der Waals surface area contributed by atoms with Gasteiger partial charge in [0.15, 0.2) is 0 Å². The Morgan fingerprint density at radius 2 is 0.750 bits per heavy atom. The van der Waals surface area contributed by atoms with E-state index in [1.807, 2.05) is 41.5 Å². The molecule has 0 spiro atoms. The normalized spacial score (nSPS) is 10.4. The van der Waals surface area contributed by atoms with Crippen LogP contribution in [-0.4, -0.2) is 0 Å². The molecule has 5 heteroatoms. The maximum atomic E-state index is 12.8. The molecular formula is C15H27O4P. The summed E-state index contributed by atoms with van der Waals surface area (Å²) in [5.74, 6) is 1.62. The molecule has 0 saturated heterocycles. The van der Waals surface area contributed by atoms with Crippen molar-refractivity contribution < 1.29 is 18.1 Å². The number of hydrogen-bond donors (Lipinski definition) is 0. The Hall–Kier alpha value is -1.15. The fourth-order valence-corrected chi connectivity index (χ4v) is 2.50. The predicted molar refractivity (Wildman–Crippen MR) is 83.0 cm³/mol. The van der Waals surface area contributed by atoms with E-state index in [9.17, 15) is 4.57 Å². The molecule has 0 unspecified atom stereocenters. The first-order valence-electron chi connectivity index (χ1n) is 6.59. The van der Waals surface area contributed by atoms with E-state index in [0.29, 0.717) is 17.3 Å². The lowest BCUT2D eigenvalue weighted by Gasteiger charge is -2.22. The fraction of sp³-hybridized carbons (Fsp3) is 0.600. The fourth-order valence-electron chi connectivity index (χ4n) is 0.833. The van der Waals surface area contributed by atoms with Gasteiger partial charge in [-0.05, 0) is 79.0 Å². The molecule has 0 fully saturated rings. The summed E-state index contributed by atoms with van der Waals surface area (Å²) in [6, 6.07) is 0. The summed E-state index contributed by atoms with van der Waals surface area (Å²) in [7, 11) is -3.72. The number of hydrogen-bond acceptors (Lipinski definition) is 4. The lowest BCUT2D eigenvalue weighted by atomic mass is 10.3. The van der Waals surface area contributed by atoms with Gasteiger partial charge in [-0.15, -0.1) is 0 Å². The molecule has 0 saturated carbocycles. The summed E-state index contributed by atoms with van der Waals surface area (Å²) in [5, 5.41) is 0. The largest absolute Gasteiger partial charge is 0.646 e. The monoisotopic (exact) mass is 302 g/mol. The second kappa shape index (κ2) is 7.58. The molecule has 20 heavy (non-hydrogen) atoms. The van der Waals surface area contributed by atoms with Crippen LogP contribution in [0.25, 0.3) is 0 Å². The Labute approximate surface area is 123 Å². The van der Waals surface area contributed by atoms with E-state index in [0.717, 1.165) is 16.7 Å². The van der Waals surface area contributed by atoms with Crippen LogP contribution in [0.2, 0.25) is 0 Å². The van der Waals surface area contributed by atoms with Crippen molar-refractivity contribution in [1.82, 2.24) is 0 Å². The zero-order valence-electron chi connectivity index (χ0n) is 14.1. The average Bonchev–Trinajstić information content (AvgIpc) is 2.27. The van der Waals surface area contributed by atoms with E-state index < -0.39 is 7.82 Å². The minimum absolute atomic E-state index is 0.538. The highest BCUT2D eigenvalue weighted by atomic mass is 31.2. The number of phosphoric acid groups is 1. The molecule has 0 radical (unpaired) electrons. The van der Waals surface area contributed by atoms with Crippen molar-refractivity contribution in [1.29, 1.82) is 0 Å². The molecule has 0 atom stereocenters. The molecule has 0 aliphatic heterocycles. The van der Waals surface area contributed by atoms with Gasteiger partial charge in [0.25, 0.3) is 0 Å². The van der Waals surface area contributed by atoms with Crippen molar-refractivity contribution >= 4 is 7.82 Å². The Morgan fingerprint density at radius 3 is 0.900 bits per heavy atom. The molecule has 0 amide bonds. The standard InChI is InChI=1S/C15H27O4P/c1-10(2)13(7)17-20(16,18-14(8)11(3)4)19-15(9)12(5)6/h1-9H3. The summed E-state index contributed by atoms with van der Waals surface area (Å²) in [5.41, 5.74) is 2.76. The summed E-state index contributed by atoms with van der Waals surface area (Å²) in [6.07, 6.45) is 0. The third-order valence-corrected chi connectivity index (χ3v) is 4.35. The lowest BCUT2D eigenvalue weighted by molar-refractivity contribution is 0.191. The summed E-state index contributed by atoms with van der Waals surface area (Å²) < 4.78 is 29.2. The van der Waals surface area contributed by atoms with Crippen molar-refractivity contribution in [2.45, 2.75) is 62.3 Å². The third-order valence-electron chi connectivity index (χ3n) is 2.86. The Bertz CT molecular complexity index is 415. The van der Waals surface area contributed by atoms with Crippen molar-refractivity contribution in [2.75, 3.05) is 0 Å². The maximum absolute atomic E-state index is 12.8. The van der Waals surface area contributed by atoms with Gasteiger partial charge in [0.2, 0.25) is 0 Å². The number of allylic oxidation sites excluding steroid dienone is 6. The minimum atomic E-state index is -3.72. The first-order valence-corrected chi connectivity index (χ1v) is 8.05. The molecule has 0 rings (SSSR count). The molecule has 0 aromatic rings. The SMILES string of the molecule is CC(C)=C(C)OP(=O)(OC(C)=C(C)C)OC(C)=C(C)C. The number of rotatable bonds is 6. The van der Waals surface area contributed by atoms with Crippen LogP contribution in [0, 0.1) is 0 Å². The first-order chi connectivity index (χ1) is 8.98. The first kappa shape index (κ1) is 18.9. The Morgan fingerprint density at radius 1 is 0.550 bits per heavy atom. The molecule has 0 aromatic heterocycles. The van der Waals surface area contributed by atoms with Gasteiger partial charge in [0, 0.05) is 0 Å². The van der Waals surface area contributed by atoms with E-state index in [1.165, 1.54) is 0 Å². The van der Waals surface area contributed by atoms with Gasteiger partial charge in [0.05, 0.1) is 0 Å². The van der Waals surface area contributed by atoms with Crippen LogP contribution in [0.15, 0.2) is 34.0 Å². The summed E-state index contributed by atoms with van der Waals surface area (Å²) in [6.45, 7) is 16.5. The van der Waals surface area contributed by atoms with Gasteiger partial charge in [-0.1, -0.05) is 0 Å². The van der Waals surface area contributed by atoms with Gasteiger partial charge < -0.3 is 13.6 Å². The van der Waals surface area contributed by atoms with Gasteiger partial charge in [-0.3, -0.25) is 0 Å². The van der Waals surface area contributed by atoms with Gasteiger partial charge in [-0.25, -0.2) is 0 Å². The van der Waals surface area contributed by atoms with Crippen molar-refractivity contribution in [3.8, 4) is 0 Å². The van der Waals surface area contributed by atoms with Crippen molar-refractivity contribution in [3.05, 3.63) is 34.0 Å². The highest BCUT2D eigenvalue weighted by Crippen LogP contribution is 2.55. The van der Waals surface area contributed by atoms with Crippen molar-refractivity contribution in [3.63, 3.8) is 0 Å². The number of phosphoric ester groups is 1. The molecule has 4 nitrogen and oxygen atoms in total. The van der Waals surface area contributed by atoms with Crippen LogP contribution in [0.1, 0.15) is 62.3 Å². The smallest absolute Gasteiger partial charge is 0.391 e. The van der Waals surface area contributed by atoms with Crippen LogP contribution >= 0.6 is 7.82 Å². The Balaban J connectivity index is 5.47. The highest BCUT2D eigenvalue weighted by Gasteiger charge is 2.33. The molecule has 0 aliphatic rings. The zero-order chi connectivity index (χ0) is 16.1. The molecule has 116 valence electrons. The minimum Gasteiger partial charge on any atom is -0.391 e. The van der Waals surface area contributed by atoms with Gasteiger partial charge >= 0.3 is 7.82 Å². The van der Waals surface area contributed by atoms with Crippen LogP contribution in [0.4, 0.5) is 0 Å². The van der Waals surface area contributed by atoms with Crippen LogP contribution in [-0.2, 0) is 18.1 Å². The highest BCUT2D eigenvalue weighted by molar-refractivity contribution is 7.48. The maximum Gasteiger partial charge on any atom is 0.646 e. The van der Waals surface area contributed by atoms with E-state index >= 15 is 0 Å². The molecule has 0 aliphatic carbocycles. The molecule has 0 N–H and O–H groups in total. The van der Waals surface area contributed by atoms with E-state index in [2.05, 4.69) is 0 Å². The summed E-state index contributed by atoms with van der Waals surface area (Å²) in [4.78, 5) is 0. The average molecular weight is 302 g/mol. The quantitative estimate of drug-likeness (QED) is 0.440. The van der Waals surface area contributed by atoms with Crippen LogP contribution in [0.3, 0.4) is 0 Å². The third kappa shape index (κ3) is 6.33. The molecular weight excluding hydrogens is 275 g/mol. The van der Waals surface area contributed by atoms with Crippen molar-refractivity contribution in [2.24, 2.45) is 0 Å². The van der Waals surface area contributed by atoms with E-state index in [1.54, 1.807) is 20.8 Å². The second-order valence-corrected chi connectivity index (χ2v) is 6.83. The molecule has 0 aromatic carbocycles. The molecule has 0 bridgehead atoms. The lowest BCUT2D eigenvalue weighted by Crippen LogP contribution is -2.00. The zero-order valence-corrected chi connectivity index (χ0v) is 15.0.